The fourth-order valence-corrected chi connectivity index (χ4v) is 1.71. The van der Waals surface area contributed by atoms with E-state index < -0.39 is 16.5 Å². The number of nitrogens with zero attached hydrogens (tertiary/aromatic N) is 2. The summed E-state index contributed by atoms with van der Waals surface area (Å²) in [6.45, 7) is 5.29. The summed E-state index contributed by atoms with van der Waals surface area (Å²) in [5.41, 5.74) is 1.09. The molecule has 7 heteroatoms. The molecule has 0 saturated heterocycles. The van der Waals surface area contributed by atoms with Crippen molar-refractivity contribution in [3.63, 3.8) is 0 Å². The van der Waals surface area contributed by atoms with Crippen LogP contribution in [0.1, 0.15) is 31.1 Å². The van der Waals surface area contributed by atoms with Crippen LogP contribution in [0.2, 0.25) is 0 Å². The third kappa shape index (κ3) is 4.58. The third-order valence-corrected chi connectivity index (χ3v) is 2.75. The first-order chi connectivity index (χ1) is 10.8. The predicted octanol–water partition coefficient (Wildman–Crippen LogP) is 3.54. The SMILES string of the molecule is CC(C)(C)OOC(=O)c1ccc(-c2ccnc([N+](=O)[O-])c2)cc1. The Morgan fingerprint density at radius 2 is 1.78 bits per heavy atom. The zero-order valence-corrected chi connectivity index (χ0v) is 13.0. The average molecular weight is 316 g/mol. The zero-order chi connectivity index (χ0) is 17.0. The first kappa shape index (κ1) is 16.6. The number of hydrogen-bond donors (Lipinski definition) is 0. The highest BCUT2D eigenvalue weighted by Gasteiger charge is 2.17. The molecule has 0 radical (unpaired) electrons. The molecule has 0 bridgehead atoms. The van der Waals surface area contributed by atoms with Gasteiger partial charge in [-0.15, -0.1) is 0 Å². The molecular weight excluding hydrogens is 300 g/mol. The van der Waals surface area contributed by atoms with Crippen LogP contribution in [0.4, 0.5) is 5.82 Å². The van der Waals surface area contributed by atoms with Crippen LogP contribution in [-0.2, 0) is 9.78 Å². The molecule has 2 rings (SSSR count). The molecule has 1 heterocycles. The van der Waals surface area contributed by atoms with Gasteiger partial charge in [-0.2, -0.15) is 4.89 Å². The van der Waals surface area contributed by atoms with Crippen molar-refractivity contribution < 1.29 is 19.5 Å². The number of rotatable bonds is 4. The lowest BCUT2D eigenvalue weighted by Gasteiger charge is -2.16. The summed E-state index contributed by atoms with van der Waals surface area (Å²) in [5.74, 6) is -0.836. The number of nitro groups is 1. The highest BCUT2D eigenvalue weighted by atomic mass is 17.2. The van der Waals surface area contributed by atoms with Crippen molar-refractivity contribution in [2.24, 2.45) is 0 Å². The standard InChI is InChI=1S/C16H16N2O5/c1-16(2,3)23-22-15(19)12-6-4-11(5-7-12)13-8-9-17-14(10-13)18(20)21/h4-10H,1-3H3. The van der Waals surface area contributed by atoms with E-state index in [4.69, 9.17) is 9.78 Å². The van der Waals surface area contributed by atoms with E-state index in [1.165, 1.54) is 12.3 Å². The van der Waals surface area contributed by atoms with Crippen LogP contribution in [0, 0.1) is 10.1 Å². The van der Waals surface area contributed by atoms with E-state index in [1.54, 1.807) is 51.1 Å². The minimum atomic E-state index is -0.604. The van der Waals surface area contributed by atoms with E-state index in [-0.39, 0.29) is 5.82 Å². The third-order valence-electron chi connectivity index (χ3n) is 2.75. The Kier molecular flexibility index (Phi) is 4.71. The van der Waals surface area contributed by atoms with Gasteiger partial charge in [-0.05, 0) is 60.0 Å². The Bertz CT molecular complexity index is 720. The maximum atomic E-state index is 11.8. The second-order valence-corrected chi connectivity index (χ2v) is 5.80. The van der Waals surface area contributed by atoms with Gasteiger partial charge in [0.25, 0.3) is 0 Å². The number of carbonyl (C=O) groups excluding carboxylic acids is 1. The monoisotopic (exact) mass is 316 g/mol. The normalized spacial score (nSPS) is 11.1. The summed E-state index contributed by atoms with van der Waals surface area (Å²) in [5, 5.41) is 10.7. The number of pyridine rings is 1. The molecule has 0 unspecified atom stereocenters. The second-order valence-electron chi connectivity index (χ2n) is 5.80. The van der Waals surface area contributed by atoms with Crippen LogP contribution < -0.4 is 0 Å². The van der Waals surface area contributed by atoms with Crippen LogP contribution in [-0.4, -0.2) is 21.5 Å². The number of carbonyl (C=O) groups is 1. The van der Waals surface area contributed by atoms with Gasteiger partial charge in [0.15, 0.2) is 0 Å². The summed E-state index contributed by atoms with van der Waals surface area (Å²) in [6, 6.07) is 9.50. The van der Waals surface area contributed by atoms with E-state index in [9.17, 15) is 14.9 Å². The zero-order valence-electron chi connectivity index (χ0n) is 13.0. The first-order valence-electron chi connectivity index (χ1n) is 6.87. The highest BCUT2D eigenvalue weighted by Crippen LogP contribution is 2.23. The van der Waals surface area contributed by atoms with Gasteiger partial charge < -0.3 is 10.1 Å². The molecule has 0 spiro atoms. The van der Waals surface area contributed by atoms with Gasteiger partial charge in [-0.3, -0.25) is 4.89 Å². The lowest BCUT2D eigenvalue weighted by atomic mass is 10.1. The molecule has 0 aliphatic rings. The number of benzene rings is 1. The van der Waals surface area contributed by atoms with Crippen molar-refractivity contribution in [3.05, 3.63) is 58.3 Å². The minimum Gasteiger partial charge on any atom is -0.358 e. The van der Waals surface area contributed by atoms with Crippen LogP contribution in [0.25, 0.3) is 11.1 Å². The van der Waals surface area contributed by atoms with E-state index >= 15 is 0 Å². The molecule has 0 aliphatic heterocycles. The van der Waals surface area contributed by atoms with Crippen LogP contribution in [0.3, 0.4) is 0 Å². The molecule has 120 valence electrons. The number of aromatic nitrogens is 1. The topological polar surface area (TPSA) is 91.6 Å². The average Bonchev–Trinajstić information content (AvgIpc) is 2.52. The van der Waals surface area contributed by atoms with E-state index in [2.05, 4.69) is 4.98 Å². The predicted molar refractivity (Wildman–Crippen MR) is 82.6 cm³/mol. The quantitative estimate of drug-likeness (QED) is 0.486. The molecule has 0 fully saturated rings. The molecule has 0 saturated carbocycles. The van der Waals surface area contributed by atoms with Gasteiger partial charge in [0, 0.05) is 6.07 Å². The Morgan fingerprint density at radius 1 is 1.13 bits per heavy atom. The molecule has 0 N–H and O–H groups in total. The van der Waals surface area contributed by atoms with Crippen molar-refractivity contribution in [2.75, 3.05) is 0 Å². The van der Waals surface area contributed by atoms with E-state index in [0.29, 0.717) is 11.1 Å². The summed E-state index contributed by atoms with van der Waals surface area (Å²) < 4.78 is 0. The molecule has 7 nitrogen and oxygen atoms in total. The van der Waals surface area contributed by atoms with Gasteiger partial charge in [-0.25, -0.2) is 4.79 Å². The summed E-state index contributed by atoms with van der Waals surface area (Å²) in [4.78, 5) is 35.4. The molecule has 2 aromatic rings. The van der Waals surface area contributed by atoms with Crippen LogP contribution >= 0.6 is 0 Å². The van der Waals surface area contributed by atoms with E-state index in [1.807, 2.05) is 0 Å². The van der Waals surface area contributed by atoms with Gasteiger partial charge in [0.05, 0.1) is 5.56 Å². The molecule has 1 aromatic heterocycles. The second kappa shape index (κ2) is 6.53. The lowest BCUT2D eigenvalue weighted by Crippen LogP contribution is -2.21. The molecule has 0 aliphatic carbocycles. The Balaban J connectivity index is 2.15. The molecule has 0 atom stereocenters. The van der Waals surface area contributed by atoms with Crippen molar-refractivity contribution in [2.45, 2.75) is 26.4 Å². The van der Waals surface area contributed by atoms with E-state index in [0.717, 1.165) is 5.56 Å². The van der Waals surface area contributed by atoms with Crippen LogP contribution in [0.15, 0.2) is 42.6 Å². The fraction of sp³-hybridized carbons (Fsp3) is 0.250. The molecule has 0 amide bonds. The van der Waals surface area contributed by atoms with Crippen molar-refractivity contribution in [3.8, 4) is 11.1 Å². The summed E-state index contributed by atoms with van der Waals surface area (Å²) >= 11 is 0. The summed E-state index contributed by atoms with van der Waals surface area (Å²) in [6.07, 6.45) is 1.37. The largest absolute Gasteiger partial charge is 0.373 e. The summed E-state index contributed by atoms with van der Waals surface area (Å²) in [7, 11) is 0. The maximum absolute atomic E-state index is 11.8. The van der Waals surface area contributed by atoms with Crippen molar-refractivity contribution in [1.82, 2.24) is 4.98 Å². The number of hydrogen-bond acceptors (Lipinski definition) is 6. The Hall–Kier alpha value is -2.80. The van der Waals surface area contributed by atoms with Gasteiger partial charge >= 0.3 is 11.8 Å². The Labute approximate surface area is 133 Å². The molecule has 1 aromatic carbocycles. The maximum Gasteiger partial charge on any atom is 0.373 e. The fourth-order valence-electron chi connectivity index (χ4n) is 1.71. The Morgan fingerprint density at radius 3 is 2.35 bits per heavy atom. The molecular formula is C16H16N2O5. The van der Waals surface area contributed by atoms with Crippen molar-refractivity contribution >= 4 is 11.8 Å². The van der Waals surface area contributed by atoms with Gasteiger partial charge in [0.2, 0.25) is 0 Å². The first-order valence-corrected chi connectivity index (χ1v) is 6.87. The van der Waals surface area contributed by atoms with Gasteiger partial charge in [0.1, 0.15) is 11.8 Å². The van der Waals surface area contributed by atoms with Crippen LogP contribution in [0.5, 0.6) is 0 Å². The molecule has 23 heavy (non-hydrogen) atoms. The lowest BCUT2D eigenvalue weighted by molar-refractivity contribution is -0.389. The highest BCUT2D eigenvalue weighted by molar-refractivity contribution is 5.89. The smallest absolute Gasteiger partial charge is 0.358 e. The van der Waals surface area contributed by atoms with Gasteiger partial charge in [-0.1, -0.05) is 12.1 Å². The van der Waals surface area contributed by atoms with Crippen molar-refractivity contribution in [1.29, 1.82) is 0 Å². The minimum absolute atomic E-state index is 0.232.